The summed E-state index contributed by atoms with van der Waals surface area (Å²) < 4.78 is 27.4. The van der Waals surface area contributed by atoms with E-state index in [2.05, 4.69) is 4.98 Å². The van der Waals surface area contributed by atoms with Crippen molar-refractivity contribution in [2.45, 2.75) is 11.9 Å². The van der Waals surface area contributed by atoms with Crippen LogP contribution in [0.3, 0.4) is 0 Å². The number of halogens is 2. The van der Waals surface area contributed by atoms with Gasteiger partial charge in [0.05, 0.1) is 22.7 Å². The van der Waals surface area contributed by atoms with Crippen molar-refractivity contribution >= 4 is 40.5 Å². The van der Waals surface area contributed by atoms with E-state index in [0.717, 1.165) is 0 Å². The molecule has 0 atom stereocenters. The van der Waals surface area contributed by atoms with Crippen LogP contribution < -0.4 is 0 Å². The van der Waals surface area contributed by atoms with E-state index >= 15 is 0 Å². The van der Waals surface area contributed by atoms with Gasteiger partial charge in [-0.2, -0.15) is 0 Å². The molecule has 1 aromatic heterocycles. The second-order valence-electron chi connectivity index (χ2n) is 3.61. The second-order valence-corrected chi connectivity index (χ2v) is 4.59. The highest BCUT2D eigenvalue weighted by molar-refractivity contribution is 7.93. The van der Waals surface area contributed by atoms with Crippen LogP contribution in [0.5, 0.6) is 0 Å². The number of pyridine rings is 1. The molecule has 0 unspecified atom stereocenters. The van der Waals surface area contributed by atoms with Gasteiger partial charge < -0.3 is 9.29 Å². The summed E-state index contributed by atoms with van der Waals surface area (Å²) in [6, 6.07) is 3.93. The third-order valence-electron chi connectivity index (χ3n) is 2.40. The number of nitrogens with zero attached hydrogens (tertiary/aromatic N) is 1. The number of carbonyl (C=O) groups excluding carboxylic acids is 1. The van der Waals surface area contributed by atoms with Crippen molar-refractivity contribution in [3.05, 3.63) is 34.6 Å². The van der Waals surface area contributed by atoms with Gasteiger partial charge in [-0.1, -0.05) is 11.6 Å². The van der Waals surface area contributed by atoms with Crippen LogP contribution in [0, 0.1) is 5.82 Å². The van der Waals surface area contributed by atoms with Crippen molar-refractivity contribution in [1.29, 1.82) is 0 Å². The van der Waals surface area contributed by atoms with E-state index in [1.165, 1.54) is 18.2 Å². The Morgan fingerprint density at radius 2 is 2.26 bits per heavy atom. The average molecular weight is 302 g/mol. The Labute approximate surface area is 117 Å². The maximum atomic E-state index is 13.4. The number of hydrogen-bond acceptors (Lipinski definition) is 5. The SMILES string of the molecule is CCOC(=O)c1cc2cc(F)c(Cl)cc2nc1SO. The lowest BCUT2D eigenvalue weighted by Crippen LogP contribution is -2.07. The Morgan fingerprint density at radius 3 is 2.89 bits per heavy atom. The predicted molar refractivity (Wildman–Crippen MR) is 71.2 cm³/mol. The Hall–Kier alpha value is -1.37. The summed E-state index contributed by atoms with van der Waals surface area (Å²) >= 11 is 5.99. The van der Waals surface area contributed by atoms with E-state index in [1.54, 1.807) is 6.92 Å². The lowest BCUT2D eigenvalue weighted by molar-refractivity contribution is 0.0521. The molecule has 0 aliphatic rings. The number of hydrogen-bond donors (Lipinski definition) is 1. The summed E-state index contributed by atoms with van der Waals surface area (Å²) in [6.07, 6.45) is 0. The van der Waals surface area contributed by atoms with Crippen molar-refractivity contribution in [1.82, 2.24) is 4.98 Å². The minimum atomic E-state index is -0.621. The molecule has 7 heteroatoms. The number of rotatable bonds is 3. The molecule has 0 saturated carbocycles. The van der Waals surface area contributed by atoms with Gasteiger partial charge in [0.1, 0.15) is 10.8 Å². The molecule has 0 amide bonds. The first-order valence-corrected chi connectivity index (χ1v) is 6.50. The Morgan fingerprint density at radius 1 is 1.53 bits per heavy atom. The van der Waals surface area contributed by atoms with Gasteiger partial charge in [0, 0.05) is 17.4 Å². The Bertz CT molecular complexity index is 650. The molecule has 1 aromatic carbocycles. The number of carbonyl (C=O) groups is 1. The van der Waals surface area contributed by atoms with Crippen molar-refractivity contribution in [2.24, 2.45) is 0 Å². The minimum absolute atomic E-state index is 0.0715. The molecule has 0 spiro atoms. The van der Waals surface area contributed by atoms with E-state index < -0.39 is 11.8 Å². The van der Waals surface area contributed by atoms with Crippen molar-refractivity contribution in [3.8, 4) is 0 Å². The van der Waals surface area contributed by atoms with E-state index in [1.807, 2.05) is 0 Å². The first-order valence-electron chi connectivity index (χ1n) is 5.35. The zero-order valence-corrected chi connectivity index (χ0v) is 11.4. The number of fused-ring (bicyclic) bond motifs is 1. The topological polar surface area (TPSA) is 59.4 Å². The summed E-state index contributed by atoms with van der Waals surface area (Å²) in [6.45, 7) is 1.86. The zero-order valence-electron chi connectivity index (χ0n) is 9.81. The lowest BCUT2D eigenvalue weighted by Gasteiger charge is -2.08. The molecule has 2 aromatic rings. The molecule has 0 radical (unpaired) electrons. The Kier molecular flexibility index (Phi) is 4.24. The van der Waals surface area contributed by atoms with Crippen LogP contribution in [0.15, 0.2) is 23.2 Å². The first kappa shape index (κ1) is 14.0. The van der Waals surface area contributed by atoms with Crippen LogP contribution >= 0.6 is 23.6 Å². The fourth-order valence-electron chi connectivity index (χ4n) is 1.58. The summed E-state index contributed by atoms with van der Waals surface area (Å²) in [5, 5.41) is 0.425. The van der Waals surface area contributed by atoms with E-state index in [0.29, 0.717) is 22.9 Å². The standard InChI is InChI=1S/C12H9ClFNO3S/c1-2-18-12(16)7-3-6-4-9(14)8(13)5-10(6)15-11(7)19-17/h3-5,17H,2H2,1H3. The highest BCUT2D eigenvalue weighted by Gasteiger charge is 2.17. The third-order valence-corrected chi connectivity index (χ3v) is 3.18. The van der Waals surface area contributed by atoms with Crippen LogP contribution in [0.4, 0.5) is 4.39 Å². The molecule has 1 N–H and O–H groups in total. The number of esters is 1. The van der Waals surface area contributed by atoms with Crippen molar-refractivity contribution < 1.29 is 18.5 Å². The molecule has 4 nitrogen and oxygen atoms in total. The number of ether oxygens (including phenoxy) is 1. The van der Waals surface area contributed by atoms with Crippen molar-refractivity contribution in [3.63, 3.8) is 0 Å². The fraction of sp³-hybridized carbons (Fsp3) is 0.167. The minimum Gasteiger partial charge on any atom is -0.462 e. The Balaban J connectivity index is 2.64. The largest absolute Gasteiger partial charge is 0.462 e. The molecule has 1 heterocycles. The van der Waals surface area contributed by atoms with Crippen LogP contribution in [0.25, 0.3) is 10.9 Å². The fourth-order valence-corrected chi connectivity index (χ4v) is 2.11. The molecule has 2 rings (SSSR count). The van der Waals surface area contributed by atoms with Gasteiger partial charge in [-0.25, -0.2) is 14.2 Å². The van der Waals surface area contributed by atoms with E-state index in [9.17, 15) is 9.18 Å². The molecule has 19 heavy (non-hydrogen) atoms. The van der Waals surface area contributed by atoms with Crippen LogP contribution in [0.1, 0.15) is 17.3 Å². The van der Waals surface area contributed by atoms with E-state index in [4.69, 9.17) is 20.9 Å². The molecule has 0 aliphatic carbocycles. The monoisotopic (exact) mass is 301 g/mol. The second kappa shape index (κ2) is 5.73. The zero-order chi connectivity index (χ0) is 14.0. The van der Waals surface area contributed by atoms with Gasteiger partial charge in [0.15, 0.2) is 0 Å². The van der Waals surface area contributed by atoms with Gasteiger partial charge in [0.25, 0.3) is 0 Å². The highest BCUT2D eigenvalue weighted by Crippen LogP contribution is 2.27. The summed E-state index contributed by atoms with van der Waals surface area (Å²) in [4.78, 5) is 15.8. The predicted octanol–water partition coefficient (Wildman–Crippen LogP) is 3.77. The summed E-state index contributed by atoms with van der Waals surface area (Å²) in [7, 11) is 0. The quantitative estimate of drug-likeness (QED) is 0.691. The first-order chi connectivity index (χ1) is 9.06. The van der Waals surface area contributed by atoms with E-state index in [-0.39, 0.29) is 22.2 Å². The molecular weight excluding hydrogens is 293 g/mol. The van der Waals surface area contributed by atoms with Crippen LogP contribution in [-0.4, -0.2) is 22.1 Å². The highest BCUT2D eigenvalue weighted by atomic mass is 35.5. The van der Waals surface area contributed by atoms with Gasteiger partial charge in [0.2, 0.25) is 0 Å². The summed E-state index contributed by atoms with van der Waals surface area (Å²) in [5.74, 6) is -1.22. The number of aromatic nitrogens is 1. The van der Waals surface area contributed by atoms with Gasteiger partial charge in [-0.05, 0) is 25.1 Å². The van der Waals surface area contributed by atoms with Gasteiger partial charge >= 0.3 is 5.97 Å². The molecule has 0 bridgehead atoms. The maximum Gasteiger partial charge on any atom is 0.340 e. The summed E-state index contributed by atoms with van der Waals surface area (Å²) in [5.41, 5.74) is 0.472. The lowest BCUT2D eigenvalue weighted by atomic mass is 10.1. The smallest absolute Gasteiger partial charge is 0.340 e. The van der Waals surface area contributed by atoms with Crippen LogP contribution in [0.2, 0.25) is 5.02 Å². The van der Waals surface area contributed by atoms with Crippen LogP contribution in [-0.2, 0) is 4.74 Å². The van der Waals surface area contributed by atoms with Gasteiger partial charge in [-0.3, -0.25) is 0 Å². The maximum absolute atomic E-state index is 13.4. The molecule has 0 fully saturated rings. The molecule has 0 aliphatic heterocycles. The van der Waals surface area contributed by atoms with Gasteiger partial charge in [-0.15, -0.1) is 0 Å². The normalized spacial score (nSPS) is 10.7. The molecular formula is C12H9ClFNO3S. The average Bonchev–Trinajstić information content (AvgIpc) is 2.39. The number of benzene rings is 1. The third kappa shape index (κ3) is 2.80. The van der Waals surface area contributed by atoms with Crippen molar-refractivity contribution in [2.75, 3.05) is 6.61 Å². The molecule has 0 saturated heterocycles. The molecule has 100 valence electrons.